The van der Waals surface area contributed by atoms with Gasteiger partial charge in [-0.3, -0.25) is 4.68 Å². The normalized spacial score (nSPS) is 18.0. The third-order valence-electron chi connectivity index (χ3n) is 5.57. The van der Waals surface area contributed by atoms with Gasteiger partial charge in [-0.05, 0) is 56.8 Å². The van der Waals surface area contributed by atoms with Crippen molar-refractivity contribution in [3.05, 3.63) is 36.3 Å². The highest BCUT2D eigenvalue weighted by Crippen LogP contribution is 2.41. The monoisotopic (exact) mass is 380 g/mol. The van der Waals surface area contributed by atoms with Crippen LogP contribution in [-0.4, -0.2) is 36.5 Å². The summed E-state index contributed by atoms with van der Waals surface area (Å²) in [7, 11) is 1.94. The number of rotatable bonds is 1. The lowest BCUT2D eigenvalue weighted by Crippen LogP contribution is -2.35. The molecule has 0 unspecified atom stereocenters. The molecule has 0 amide bonds. The van der Waals surface area contributed by atoms with Crippen LogP contribution < -0.4 is 5.32 Å². The van der Waals surface area contributed by atoms with Crippen molar-refractivity contribution in [2.75, 3.05) is 6.54 Å². The maximum atomic E-state index is 4.54. The van der Waals surface area contributed by atoms with Gasteiger partial charge in [0, 0.05) is 35.9 Å². The molecule has 1 aromatic carbocycles. The maximum Gasteiger partial charge on any atom is 0.212 e. The topological polar surface area (TPSA) is 60.0 Å². The Morgan fingerprint density at radius 3 is 2.74 bits per heavy atom. The minimum absolute atomic E-state index is 0.679. The van der Waals surface area contributed by atoms with E-state index in [0.29, 0.717) is 5.54 Å². The highest BCUT2D eigenvalue weighted by molar-refractivity contribution is 7.19. The molecule has 0 bridgehead atoms. The Morgan fingerprint density at radius 2 is 2.04 bits per heavy atom. The molecule has 2 fully saturated rings. The van der Waals surface area contributed by atoms with Crippen molar-refractivity contribution in [1.82, 2.24) is 29.7 Å². The molecular formula is C20H24N6S. The summed E-state index contributed by atoms with van der Waals surface area (Å²) in [5.74, 6) is 0. The molecule has 140 valence electrons. The zero-order valence-electron chi connectivity index (χ0n) is 15.8. The molecule has 1 saturated heterocycles. The molecule has 0 atom stereocenters. The molecule has 1 aliphatic heterocycles. The Balaban J connectivity index is 0.000000167. The number of hydrogen-bond acceptors (Lipinski definition) is 5. The second-order valence-corrected chi connectivity index (χ2v) is 8.72. The molecule has 6 rings (SSSR count). The van der Waals surface area contributed by atoms with Gasteiger partial charge in [-0.25, -0.2) is 9.50 Å². The van der Waals surface area contributed by atoms with Crippen LogP contribution in [0.1, 0.15) is 37.7 Å². The average molecular weight is 381 g/mol. The Morgan fingerprint density at radius 1 is 1.15 bits per heavy atom. The van der Waals surface area contributed by atoms with Crippen LogP contribution in [0.15, 0.2) is 30.7 Å². The molecule has 1 N–H and O–H groups in total. The highest BCUT2D eigenvalue weighted by atomic mass is 32.1. The van der Waals surface area contributed by atoms with Crippen molar-refractivity contribution >= 4 is 27.2 Å². The molecule has 2 aliphatic rings. The highest BCUT2D eigenvalue weighted by Gasteiger charge is 2.42. The summed E-state index contributed by atoms with van der Waals surface area (Å²) in [6.45, 7) is 3.36. The first kappa shape index (κ1) is 16.9. The smallest absolute Gasteiger partial charge is 0.212 e. The summed E-state index contributed by atoms with van der Waals surface area (Å²) in [6.07, 6.45) is 12.9. The van der Waals surface area contributed by atoms with E-state index in [0.717, 1.165) is 26.4 Å². The predicted octanol–water partition coefficient (Wildman–Crippen LogP) is 3.95. The summed E-state index contributed by atoms with van der Waals surface area (Å²) in [5.41, 5.74) is 4.01. The first-order valence-electron chi connectivity index (χ1n) is 9.62. The summed E-state index contributed by atoms with van der Waals surface area (Å²) in [4.78, 5) is 5.17. The van der Waals surface area contributed by atoms with Gasteiger partial charge in [0.2, 0.25) is 4.96 Å². The van der Waals surface area contributed by atoms with Crippen LogP contribution in [0.25, 0.3) is 26.4 Å². The van der Waals surface area contributed by atoms with E-state index in [-0.39, 0.29) is 0 Å². The second kappa shape index (κ2) is 6.42. The molecule has 27 heavy (non-hydrogen) atoms. The van der Waals surface area contributed by atoms with Gasteiger partial charge >= 0.3 is 0 Å². The Bertz CT molecular complexity index is 1060. The van der Waals surface area contributed by atoms with Crippen molar-refractivity contribution in [3.8, 4) is 10.6 Å². The van der Waals surface area contributed by atoms with Crippen LogP contribution in [0, 0.1) is 6.92 Å². The Labute approximate surface area is 162 Å². The zero-order valence-corrected chi connectivity index (χ0v) is 16.6. The molecule has 1 spiro atoms. The molecular weight excluding hydrogens is 356 g/mol. The van der Waals surface area contributed by atoms with Gasteiger partial charge in [-0.1, -0.05) is 17.8 Å². The second-order valence-electron chi connectivity index (χ2n) is 7.76. The van der Waals surface area contributed by atoms with Crippen LogP contribution in [-0.2, 0) is 7.05 Å². The van der Waals surface area contributed by atoms with E-state index in [9.17, 15) is 0 Å². The quantitative estimate of drug-likeness (QED) is 0.543. The van der Waals surface area contributed by atoms with E-state index in [1.165, 1.54) is 44.2 Å². The van der Waals surface area contributed by atoms with E-state index < -0.39 is 0 Å². The number of hydrogen-bond donors (Lipinski definition) is 1. The summed E-state index contributed by atoms with van der Waals surface area (Å²) < 4.78 is 3.65. The summed E-state index contributed by atoms with van der Waals surface area (Å²) in [5, 5.41) is 14.7. The van der Waals surface area contributed by atoms with Gasteiger partial charge in [0.05, 0.1) is 11.7 Å². The van der Waals surface area contributed by atoms with Crippen LogP contribution in [0.3, 0.4) is 0 Å². The number of imidazole rings is 1. The van der Waals surface area contributed by atoms with Crippen molar-refractivity contribution < 1.29 is 0 Å². The SMILES string of the molecule is C1CCC2(CC2)NC1.Cc1cc(-c2nn3ccnc3s2)cc2cn(C)nc12. The lowest BCUT2D eigenvalue weighted by atomic mass is 10.0. The van der Waals surface area contributed by atoms with Crippen molar-refractivity contribution in [2.24, 2.45) is 7.05 Å². The first-order valence-corrected chi connectivity index (χ1v) is 10.4. The lowest BCUT2D eigenvalue weighted by molar-refractivity contribution is 0.385. The molecule has 0 radical (unpaired) electrons. The number of nitrogens with one attached hydrogen (secondary N) is 1. The number of piperidine rings is 1. The van der Waals surface area contributed by atoms with Gasteiger partial charge in [0.15, 0.2) is 0 Å². The van der Waals surface area contributed by atoms with Crippen LogP contribution >= 0.6 is 11.3 Å². The molecule has 7 heteroatoms. The van der Waals surface area contributed by atoms with Crippen LogP contribution in [0.2, 0.25) is 0 Å². The number of aryl methyl sites for hydroxylation is 2. The zero-order chi connectivity index (χ0) is 18.4. The largest absolute Gasteiger partial charge is 0.311 e. The average Bonchev–Trinajstić information content (AvgIpc) is 3.02. The van der Waals surface area contributed by atoms with Crippen LogP contribution in [0.4, 0.5) is 0 Å². The number of aromatic nitrogens is 5. The number of benzene rings is 1. The van der Waals surface area contributed by atoms with E-state index in [4.69, 9.17) is 0 Å². The van der Waals surface area contributed by atoms with E-state index in [2.05, 4.69) is 39.6 Å². The standard InChI is InChI=1S/C13H11N5S.C7H13N/c1-8-5-9(6-10-7-17(2)15-11(8)10)12-16-18-4-3-14-13(18)19-12;1-2-6-8-7(3-1)4-5-7/h3-7H,1-2H3;8H,1-6H2. The van der Waals surface area contributed by atoms with Crippen molar-refractivity contribution in [1.29, 1.82) is 0 Å². The fraction of sp³-hybridized carbons (Fsp3) is 0.450. The minimum atomic E-state index is 0.679. The van der Waals surface area contributed by atoms with Gasteiger partial charge < -0.3 is 5.32 Å². The molecule has 4 heterocycles. The Hall–Kier alpha value is -2.25. The first-order chi connectivity index (χ1) is 13.1. The summed E-state index contributed by atoms with van der Waals surface area (Å²) in [6, 6.07) is 4.27. The number of fused-ring (bicyclic) bond motifs is 2. The Kier molecular flexibility index (Phi) is 4.02. The van der Waals surface area contributed by atoms with Gasteiger partial charge in [0.25, 0.3) is 0 Å². The molecule has 3 aromatic heterocycles. The predicted molar refractivity (Wildman–Crippen MR) is 109 cm³/mol. The molecule has 1 aliphatic carbocycles. The summed E-state index contributed by atoms with van der Waals surface area (Å²) >= 11 is 1.59. The van der Waals surface area contributed by atoms with E-state index in [1.807, 2.05) is 28.6 Å². The maximum absolute atomic E-state index is 4.54. The third-order valence-corrected chi connectivity index (χ3v) is 6.56. The van der Waals surface area contributed by atoms with E-state index >= 15 is 0 Å². The minimum Gasteiger partial charge on any atom is -0.311 e. The molecule has 6 nitrogen and oxygen atoms in total. The lowest BCUT2D eigenvalue weighted by Gasteiger charge is -2.22. The van der Waals surface area contributed by atoms with Gasteiger partial charge in [-0.15, -0.1) is 0 Å². The van der Waals surface area contributed by atoms with Crippen molar-refractivity contribution in [2.45, 2.75) is 44.6 Å². The van der Waals surface area contributed by atoms with Crippen LogP contribution in [0.5, 0.6) is 0 Å². The fourth-order valence-electron chi connectivity index (χ4n) is 3.91. The number of nitrogens with zero attached hydrogens (tertiary/aromatic N) is 5. The fourth-order valence-corrected chi connectivity index (χ4v) is 4.76. The van der Waals surface area contributed by atoms with Crippen molar-refractivity contribution in [3.63, 3.8) is 0 Å². The molecule has 4 aromatic rings. The van der Waals surface area contributed by atoms with E-state index in [1.54, 1.807) is 17.5 Å². The third kappa shape index (κ3) is 3.26. The molecule has 1 saturated carbocycles. The van der Waals surface area contributed by atoms with Gasteiger partial charge in [-0.2, -0.15) is 10.2 Å². The van der Waals surface area contributed by atoms with Gasteiger partial charge in [0.1, 0.15) is 5.01 Å².